The highest BCUT2D eigenvalue weighted by Crippen LogP contribution is 2.10. The van der Waals surface area contributed by atoms with Crippen molar-refractivity contribution >= 4 is 23.3 Å². The van der Waals surface area contributed by atoms with Gasteiger partial charge in [-0.15, -0.1) is 0 Å². The van der Waals surface area contributed by atoms with Gasteiger partial charge in [-0.2, -0.15) is 0 Å². The van der Waals surface area contributed by atoms with Gasteiger partial charge in [0.25, 0.3) is 5.78 Å². The first-order valence-corrected chi connectivity index (χ1v) is 4.74. The van der Waals surface area contributed by atoms with Gasteiger partial charge < -0.3 is 10.1 Å². The van der Waals surface area contributed by atoms with Crippen molar-refractivity contribution in [2.75, 3.05) is 12.4 Å². The lowest BCUT2D eigenvalue weighted by molar-refractivity contribution is -0.135. The number of rotatable bonds is 4. The molecule has 1 N–H and O–H groups in total. The third-order valence-corrected chi connectivity index (χ3v) is 1.97. The molecule has 0 aromatic heterocycles. The molecule has 1 aromatic carbocycles. The molecule has 0 aliphatic rings. The molecule has 0 unspecified atom stereocenters. The fraction of sp³-hybridized carbons (Fsp3) is 0.0833. The molecular weight excluding hydrogens is 222 g/mol. The zero-order valence-electron chi connectivity index (χ0n) is 9.23. The summed E-state index contributed by atoms with van der Waals surface area (Å²) in [5, 5.41) is 2.52. The van der Waals surface area contributed by atoms with Crippen molar-refractivity contribution < 1.29 is 19.1 Å². The number of hydrogen-bond acceptors (Lipinski definition) is 4. The Kier molecular flexibility index (Phi) is 4.16. The van der Waals surface area contributed by atoms with Gasteiger partial charge >= 0.3 is 5.97 Å². The first kappa shape index (κ1) is 12.6. The van der Waals surface area contributed by atoms with Crippen LogP contribution < -0.4 is 5.32 Å². The highest BCUT2D eigenvalue weighted by atomic mass is 16.5. The molecule has 1 amide bonds. The highest BCUT2D eigenvalue weighted by Gasteiger charge is 2.16. The van der Waals surface area contributed by atoms with Gasteiger partial charge in [-0.25, -0.2) is 4.79 Å². The topological polar surface area (TPSA) is 72.5 Å². The summed E-state index contributed by atoms with van der Waals surface area (Å²) in [4.78, 5) is 33.3. The monoisotopic (exact) mass is 233 g/mol. The maximum Gasteiger partial charge on any atom is 0.379 e. The number of ether oxygens (including phenoxy) is 1. The van der Waals surface area contributed by atoms with Crippen LogP contribution in [0.3, 0.4) is 0 Å². The van der Waals surface area contributed by atoms with Crippen LogP contribution in [0, 0.1) is 0 Å². The summed E-state index contributed by atoms with van der Waals surface area (Å²) in [7, 11) is 1.14. The van der Waals surface area contributed by atoms with Gasteiger partial charge in [-0.05, 0) is 30.3 Å². The molecule has 0 heterocycles. The number of Topliss-reactive ketones (excluding diaryl/α,β-unsaturated/α-hetero) is 1. The van der Waals surface area contributed by atoms with Crippen molar-refractivity contribution in [2.24, 2.45) is 0 Å². The van der Waals surface area contributed by atoms with Crippen LogP contribution in [0.5, 0.6) is 0 Å². The van der Waals surface area contributed by atoms with Crippen LogP contribution in [0.15, 0.2) is 36.9 Å². The SMILES string of the molecule is C=CC(=O)Nc1ccc(C(=O)C(=O)OC)cc1. The molecule has 5 heteroatoms. The predicted molar refractivity (Wildman–Crippen MR) is 61.6 cm³/mol. The first-order valence-electron chi connectivity index (χ1n) is 4.74. The van der Waals surface area contributed by atoms with Crippen molar-refractivity contribution in [3.8, 4) is 0 Å². The number of carbonyl (C=O) groups is 3. The highest BCUT2D eigenvalue weighted by molar-refractivity contribution is 6.40. The van der Waals surface area contributed by atoms with Crippen LogP contribution in [-0.2, 0) is 14.3 Å². The van der Waals surface area contributed by atoms with Gasteiger partial charge in [0.2, 0.25) is 5.91 Å². The van der Waals surface area contributed by atoms with Gasteiger partial charge in [-0.3, -0.25) is 9.59 Å². The van der Waals surface area contributed by atoms with Gasteiger partial charge in [0, 0.05) is 11.3 Å². The maximum absolute atomic E-state index is 11.4. The number of ketones is 1. The third kappa shape index (κ3) is 3.27. The molecule has 5 nitrogen and oxygen atoms in total. The van der Waals surface area contributed by atoms with E-state index in [1.54, 1.807) is 0 Å². The maximum atomic E-state index is 11.4. The number of methoxy groups -OCH3 is 1. The minimum absolute atomic E-state index is 0.202. The summed E-state index contributed by atoms with van der Waals surface area (Å²) in [6, 6.07) is 5.88. The second-order valence-corrected chi connectivity index (χ2v) is 3.09. The Labute approximate surface area is 98.1 Å². The second kappa shape index (κ2) is 5.60. The van der Waals surface area contributed by atoms with Gasteiger partial charge in [0.15, 0.2) is 0 Å². The van der Waals surface area contributed by atoms with Crippen LogP contribution in [0.2, 0.25) is 0 Å². The fourth-order valence-corrected chi connectivity index (χ4v) is 1.11. The molecule has 88 valence electrons. The molecule has 17 heavy (non-hydrogen) atoms. The van der Waals surface area contributed by atoms with Crippen LogP contribution in [0.25, 0.3) is 0 Å². The lowest BCUT2D eigenvalue weighted by Crippen LogP contribution is -2.15. The summed E-state index contributed by atoms with van der Waals surface area (Å²) >= 11 is 0. The Hall–Kier alpha value is -2.43. The van der Waals surface area contributed by atoms with Crippen molar-refractivity contribution in [2.45, 2.75) is 0 Å². The predicted octanol–water partition coefficient (Wildman–Crippen LogP) is 1.17. The van der Waals surface area contributed by atoms with Crippen molar-refractivity contribution in [1.82, 2.24) is 0 Å². The average Bonchev–Trinajstić information content (AvgIpc) is 2.37. The van der Waals surface area contributed by atoms with E-state index in [0.29, 0.717) is 5.69 Å². The molecule has 0 radical (unpaired) electrons. The lowest BCUT2D eigenvalue weighted by atomic mass is 10.1. The van der Waals surface area contributed by atoms with E-state index >= 15 is 0 Å². The molecule has 1 aromatic rings. The molecular formula is C12H11NO4. The summed E-state index contributed by atoms with van der Waals surface area (Å²) in [6.07, 6.45) is 1.13. The first-order chi connectivity index (χ1) is 8.08. The van der Waals surface area contributed by atoms with E-state index in [9.17, 15) is 14.4 Å². The largest absolute Gasteiger partial charge is 0.463 e. The number of carbonyl (C=O) groups excluding carboxylic acids is 3. The summed E-state index contributed by atoms with van der Waals surface area (Å²) in [5.74, 6) is -2.00. The zero-order valence-corrected chi connectivity index (χ0v) is 9.23. The van der Waals surface area contributed by atoms with Gasteiger partial charge in [-0.1, -0.05) is 6.58 Å². The van der Waals surface area contributed by atoms with E-state index in [-0.39, 0.29) is 11.5 Å². The second-order valence-electron chi connectivity index (χ2n) is 3.09. The number of hydrogen-bond donors (Lipinski definition) is 1. The fourth-order valence-electron chi connectivity index (χ4n) is 1.11. The molecule has 0 saturated carbocycles. The third-order valence-electron chi connectivity index (χ3n) is 1.97. The number of anilines is 1. The number of nitrogens with one attached hydrogen (secondary N) is 1. The Morgan fingerprint density at radius 3 is 2.29 bits per heavy atom. The van der Waals surface area contributed by atoms with E-state index in [1.807, 2.05) is 0 Å². The summed E-state index contributed by atoms with van der Waals surface area (Å²) < 4.78 is 4.31. The van der Waals surface area contributed by atoms with Crippen molar-refractivity contribution in [1.29, 1.82) is 0 Å². The Bertz CT molecular complexity index is 462. The van der Waals surface area contributed by atoms with E-state index in [4.69, 9.17) is 0 Å². The molecule has 0 fully saturated rings. The van der Waals surface area contributed by atoms with Crippen LogP contribution in [0.1, 0.15) is 10.4 Å². The zero-order chi connectivity index (χ0) is 12.8. The number of amides is 1. The molecule has 0 atom stereocenters. The normalized spacial score (nSPS) is 9.24. The molecule has 1 rings (SSSR count). The Balaban J connectivity index is 2.81. The minimum atomic E-state index is -0.923. The van der Waals surface area contributed by atoms with E-state index in [2.05, 4.69) is 16.6 Å². The number of benzene rings is 1. The Morgan fingerprint density at radius 2 is 1.82 bits per heavy atom. The minimum Gasteiger partial charge on any atom is -0.463 e. The molecule has 0 spiro atoms. The molecule has 0 aliphatic carbocycles. The molecule has 0 bridgehead atoms. The summed E-state index contributed by atoms with van der Waals surface area (Å²) in [5.41, 5.74) is 0.713. The Morgan fingerprint density at radius 1 is 1.24 bits per heavy atom. The van der Waals surface area contributed by atoms with Gasteiger partial charge in [0.05, 0.1) is 7.11 Å². The lowest BCUT2D eigenvalue weighted by Gasteiger charge is -2.03. The van der Waals surface area contributed by atoms with Crippen LogP contribution in [-0.4, -0.2) is 24.8 Å². The van der Waals surface area contributed by atoms with Crippen molar-refractivity contribution in [3.63, 3.8) is 0 Å². The van der Waals surface area contributed by atoms with Crippen molar-refractivity contribution in [3.05, 3.63) is 42.5 Å². The smallest absolute Gasteiger partial charge is 0.379 e. The van der Waals surface area contributed by atoms with Gasteiger partial charge in [0.1, 0.15) is 0 Å². The molecule has 0 aliphatic heterocycles. The number of esters is 1. The van der Waals surface area contributed by atoms with Crippen LogP contribution in [0.4, 0.5) is 5.69 Å². The molecule has 0 saturated heterocycles. The summed E-state index contributed by atoms with van der Waals surface area (Å²) in [6.45, 7) is 3.31. The quantitative estimate of drug-likeness (QED) is 0.366. The van der Waals surface area contributed by atoms with E-state index in [1.165, 1.54) is 24.3 Å². The average molecular weight is 233 g/mol. The van der Waals surface area contributed by atoms with Crippen LogP contribution >= 0.6 is 0 Å². The van der Waals surface area contributed by atoms with E-state index in [0.717, 1.165) is 13.2 Å². The standard InChI is InChI=1S/C12H11NO4/c1-3-10(14)13-9-6-4-8(5-7-9)11(15)12(16)17-2/h3-7H,1H2,2H3,(H,13,14). The van der Waals surface area contributed by atoms with E-state index < -0.39 is 11.8 Å².